The minimum atomic E-state index is -0.0523. The number of anilines is 1. The van der Waals surface area contributed by atoms with E-state index in [-0.39, 0.29) is 12.0 Å². The van der Waals surface area contributed by atoms with Gasteiger partial charge in [-0.1, -0.05) is 41.4 Å². The van der Waals surface area contributed by atoms with E-state index in [2.05, 4.69) is 14.9 Å². The van der Waals surface area contributed by atoms with Gasteiger partial charge in [0.1, 0.15) is 5.75 Å². The minimum Gasteiger partial charge on any atom is -0.497 e. The zero-order chi connectivity index (χ0) is 19.7. The number of benzene rings is 2. The van der Waals surface area contributed by atoms with Gasteiger partial charge in [0.05, 0.1) is 7.11 Å². The van der Waals surface area contributed by atoms with Crippen molar-refractivity contribution in [1.29, 1.82) is 0 Å². The van der Waals surface area contributed by atoms with Crippen molar-refractivity contribution in [2.45, 2.75) is 12.0 Å². The monoisotopic (exact) mass is 414 g/mol. The van der Waals surface area contributed by atoms with Gasteiger partial charge in [-0.25, -0.2) is 9.97 Å². The van der Waals surface area contributed by atoms with Gasteiger partial charge in [-0.3, -0.25) is 0 Å². The van der Waals surface area contributed by atoms with Crippen LogP contribution in [0.5, 0.6) is 5.75 Å². The van der Waals surface area contributed by atoms with Crippen molar-refractivity contribution in [1.82, 2.24) is 9.97 Å². The molecule has 2 N–H and O–H groups in total. The molecule has 0 spiro atoms. The van der Waals surface area contributed by atoms with Gasteiger partial charge in [0, 0.05) is 53.1 Å². The fraction of sp³-hybridized carbons (Fsp3) is 0.238. The Morgan fingerprint density at radius 1 is 1.00 bits per heavy atom. The lowest BCUT2D eigenvalue weighted by molar-refractivity contribution is 0.415. The molecule has 2 heterocycles. The largest absolute Gasteiger partial charge is 0.497 e. The van der Waals surface area contributed by atoms with Crippen molar-refractivity contribution in [3.05, 3.63) is 70.5 Å². The van der Waals surface area contributed by atoms with Gasteiger partial charge >= 0.3 is 0 Å². The molecule has 2 atom stereocenters. The second-order valence-electron chi connectivity index (χ2n) is 6.84. The second-order valence-corrected chi connectivity index (χ2v) is 7.69. The molecule has 0 radical (unpaired) electrons. The Hall–Kier alpha value is -2.34. The van der Waals surface area contributed by atoms with E-state index in [0.717, 1.165) is 22.4 Å². The number of hydrogen-bond donors (Lipinski definition) is 1. The van der Waals surface area contributed by atoms with Crippen molar-refractivity contribution in [2.75, 3.05) is 25.1 Å². The molecule has 4 rings (SSSR count). The Morgan fingerprint density at radius 3 is 2.36 bits per heavy atom. The molecular weight excluding hydrogens is 395 g/mol. The predicted molar refractivity (Wildman–Crippen MR) is 113 cm³/mol. The molecule has 1 saturated heterocycles. The fourth-order valence-corrected chi connectivity index (χ4v) is 4.09. The minimum absolute atomic E-state index is 0.0523. The van der Waals surface area contributed by atoms with E-state index in [1.54, 1.807) is 13.2 Å². The van der Waals surface area contributed by atoms with Crippen LogP contribution in [0, 0.1) is 0 Å². The van der Waals surface area contributed by atoms with Crippen molar-refractivity contribution < 1.29 is 4.74 Å². The molecule has 1 fully saturated rings. The maximum Gasteiger partial charge on any atom is 0.225 e. The first-order valence-electron chi connectivity index (χ1n) is 8.97. The van der Waals surface area contributed by atoms with Crippen LogP contribution in [0.25, 0.3) is 11.1 Å². The topological polar surface area (TPSA) is 64.3 Å². The molecule has 28 heavy (non-hydrogen) atoms. The molecule has 0 saturated carbocycles. The highest BCUT2D eigenvalue weighted by molar-refractivity contribution is 6.35. The van der Waals surface area contributed by atoms with Crippen LogP contribution in [0.1, 0.15) is 11.5 Å². The van der Waals surface area contributed by atoms with Crippen LogP contribution in [0.2, 0.25) is 10.0 Å². The summed E-state index contributed by atoms with van der Waals surface area (Å²) >= 11 is 12.4. The molecular formula is C21H20Cl2N4O. The van der Waals surface area contributed by atoms with Crippen molar-refractivity contribution >= 4 is 29.2 Å². The Kier molecular flexibility index (Phi) is 5.40. The molecule has 0 aliphatic carbocycles. The number of methoxy groups -OCH3 is 1. The van der Waals surface area contributed by atoms with Gasteiger partial charge in [0.25, 0.3) is 0 Å². The Morgan fingerprint density at radius 2 is 1.71 bits per heavy atom. The summed E-state index contributed by atoms with van der Waals surface area (Å²) in [7, 11) is 1.65. The van der Waals surface area contributed by atoms with Crippen LogP contribution < -0.4 is 15.4 Å². The highest BCUT2D eigenvalue weighted by Gasteiger charge is 2.33. The summed E-state index contributed by atoms with van der Waals surface area (Å²) in [5, 5.41) is 1.26. The standard InChI is InChI=1S/C21H20Cl2N4O/c1-28-16-5-2-13(3-6-16)14-9-25-21(26-10-14)27-11-18(20(24)12-27)17-7-4-15(22)8-19(17)23/h2-10,18,20H,11-12,24H2,1H3/t18-,20+/m1/s1. The summed E-state index contributed by atoms with van der Waals surface area (Å²) in [4.78, 5) is 11.2. The van der Waals surface area contributed by atoms with Gasteiger partial charge < -0.3 is 15.4 Å². The van der Waals surface area contributed by atoms with E-state index in [1.807, 2.05) is 48.8 Å². The highest BCUT2D eigenvalue weighted by Crippen LogP contribution is 2.34. The van der Waals surface area contributed by atoms with Crippen LogP contribution in [-0.4, -0.2) is 36.2 Å². The lowest BCUT2D eigenvalue weighted by Gasteiger charge is -2.17. The van der Waals surface area contributed by atoms with Crippen LogP contribution >= 0.6 is 23.2 Å². The highest BCUT2D eigenvalue weighted by atomic mass is 35.5. The summed E-state index contributed by atoms with van der Waals surface area (Å²) in [6.07, 6.45) is 3.66. The second kappa shape index (κ2) is 7.95. The van der Waals surface area contributed by atoms with E-state index in [0.29, 0.717) is 29.1 Å². The molecule has 0 amide bonds. The van der Waals surface area contributed by atoms with Crippen LogP contribution in [-0.2, 0) is 0 Å². The normalized spacial score (nSPS) is 19.1. The van der Waals surface area contributed by atoms with E-state index in [4.69, 9.17) is 33.7 Å². The Bertz CT molecular complexity index is 963. The Labute approximate surface area is 174 Å². The number of hydrogen-bond acceptors (Lipinski definition) is 5. The first-order chi connectivity index (χ1) is 13.5. The van der Waals surface area contributed by atoms with Crippen LogP contribution in [0.4, 0.5) is 5.95 Å². The fourth-order valence-electron chi connectivity index (χ4n) is 3.54. The number of nitrogens with two attached hydrogens (primary N) is 1. The van der Waals surface area contributed by atoms with Crippen LogP contribution in [0.3, 0.4) is 0 Å². The average molecular weight is 415 g/mol. The zero-order valence-corrected chi connectivity index (χ0v) is 16.9. The maximum atomic E-state index is 6.39. The van der Waals surface area contributed by atoms with Gasteiger partial charge in [0.2, 0.25) is 5.95 Å². The number of nitrogens with zero attached hydrogens (tertiary/aromatic N) is 3. The number of aromatic nitrogens is 2. The number of halogens is 2. The van der Waals surface area contributed by atoms with E-state index >= 15 is 0 Å². The molecule has 0 bridgehead atoms. The van der Waals surface area contributed by atoms with E-state index in [9.17, 15) is 0 Å². The third-order valence-corrected chi connectivity index (χ3v) is 5.63. The summed E-state index contributed by atoms with van der Waals surface area (Å²) in [5.41, 5.74) is 9.39. The first-order valence-corrected chi connectivity index (χ1v) is 9.72. The molecule has 3 aromatic rings. The van der Waals surface area contributed by atoms with Gasteiger partial charge in [-0.15, -0.1) is 0 Å². The molecule has 144 valence electrons. The van der Waals surface area contributed by atoms with Gasteiger partial charge in [-0.2, -0.15) is 0 Å². The number of ether oxygens (including phenoxy) is 1. The smallest absolute Gasteiger partial charge is 0.225 e. The molecule has 1 aliphatic rings. The quantitative estimate of drug-likeness (QED) is 0.685. The maximum absolute atomic E-state index is 6.39. The summed E-state index contributed by atoms with van der Waals surface area (Å²) in [6, 6.07) is 13.3. The molecule has 7 heteroatoms. The van der Waals surface area contributed by atoms with Gasteiger partial charge in [0.15, 0.2) is 0 Å². The van der Waals surface area contributed by atoms with Crippen molar-refractivity contribution in [2.24, 2.45) is 5.73 Å². The molecule has 1 aliphatic heterocycles. The molecule has 1 aromatic heterocycles. The lowest BCUT2D eigenvalue weighted by atomic mass is 9.95. The third kappa shape index (κ3) is 3.78. The Balaban J connectivity index is 1.51. The summed E-state index contributed by atoms with van der Waals surface area (Å²) < 4.78 is 5.20. The van der Waals surface area contributed by atoms with Crippen LogP contribution in [0.15, 0.2) is 54.9 Å². The molecule has 2 aromatic carbocycles. The van der Waals surface area contributed by atoms with E-state index < -0.39 is 0 Å². The van der Waals surface area contributed by atoms with Crippen molar-refractivity contribution in [3.63, 3.8) is 0 Å². The average Bonchev–Trinajstić information content (AvgIpc) is 3.10. The SMILES string of the molecule is COc1ccc(-c2cnc(N3C[C@H](c4ccc(Cl)cc4Cl)[C@@H](N)C3)nc2)cc1. The summed E-state index contributed by atoms with van der Waals surface area (Å²) in [6.45, 7) is 1.38. The lowest BCUT2D eigenvalue weighted by Crippen LogP contribution is -2.29. The summed E-state index contributed by atoms with van der Waals surface area (Å²) in [5.74, 6) is 1.59. The van der Waals surface area contributed by atoms with Crippen molar-refractivity contribution in [3.8, 4) is 16.9 Å². The first kappa shape index (κ1) is 19.0. The van der Waals surface area contributed by atoms with Gasteiger partial charge in [-0.05, 0) is 35.4 Å². The van der Waals surface area contributed by atoms with E-state index in [1.165, 1.54) is 0 Å². The zero-order valence-electron chi connectivity index (χ0n) is 15.3. The predicted octanol–water partition coefficient (Wildman–Crippen LogP) is 4.39. The third-order valence-electron chi connectivity index (χ3n) is 5.07. The molecule has 0 unspecified atom stereocenters. The molecule has 5 nitrogen and oxygen atoms in total. The number of rotatable bonds is 4.